The Labute approximate surface area is 110 Å². The van der Waals surface area contributed by atoms with E-state index in [1.807, 2.05) is 25.1 Å². The molecule has 0 spiro atoms. The first-order valence-corrected chi connectivity index (χ1v) is 5.85. The minimum absolute atomic E-state index is 0.265. The van der Waals surface area contributed by atoms with E-state index in [0.717, 1.165) is 11.4 Å². The summed E-state index contributed by atoms with van der Waals surface area (Å²) in [6.07, 6.45) is 1.74. The molecule has 0 aliphatic rings. The van der Waals surface area contributed by atoms with Crippen molar-refractivity contribution in [3.8, 4) is 0 Å². The first-order valence-electron chi connectivity index (χ1n) is 5.44. The third kappa shape index (κ3) is 3.21. The number of anilines is 1. The molecule has 2 rings (SSSR count). The molecule has 0 fully saturated rings. The van der Waals surface area contributed by atoms with Crippen LogP contribution in [0, 0.1) is 6.92 Å². The van der Waals surface area contributed by atoms with Crippen LogP contribution in [0.15, 0.2) is 30.5 Å². The highest BCUT2D eigenvalue weighted by molar-refractivity contribution is 7.80. The average Bonchev–Trinajstić information content (AvgIpc) is 2.37. The average molecular weight is 259 g/mol. The number of pyridine rings is 1. The second-order valence-electron chi connectivity index (χ2n) is 3.76. The molecule has 3 N–H and O–H groups in total. The number of hydrogen-bond acceptors (Lipinski definition) is 5. The van der Waals surface area contributed by atoms with Crippen LogP contribution in [0.4, 0.5) is 5.95 Å². The van der Waals surface area contributed by atoms with Crippen LogP contribution in [-0.2, 0) is 6.54 Å². The first kappa shape index (κ1) is 12.4. The molecule has 0 aromatic carbocycles. The van der Waals surface area contributed by atoms with E-state index in [4.69, 9.17) is 18.0 Å². The molecule has 2 aromatic heterocycles. The summed E-state index contributed by atoms with van der Waals surface area (Å²) in [4.78, 5) is 13.0. The maximum absolute atomic E-state index is 5.56. The zero-order valence-electron chi connectivity index (χ0n) is 9.92. The molecule has 0 aliphatic heterocycles. The van der Waals surface area contributed by atoms with Crippen LogP contribution in [0.25, 0.3) is 0 Å². The maximum atomic E-state index is 5.56. The van der Waals surface area contributed by atoms with Gasteiger partial charge in [-0.25, -0.2) is 9.97 Å². The Morgan fingerprint density at radius 3 is 2.89 bits per heavy atom. The maximum Gasteiger partial charge on any atom is 0.223 e. The molecule has 0 aliphatic carbocycles. The number of nitrogens with two attached hydrogens (primary N) is 1. The van der Waals surface area contributed by atoms with E-state index in [1.54, 1.807) is 12.3 Å². The minimum Gasteiger partial charge on any atom is -0.388 e. The SMILES string of the molecule is Cc1cc(C(N)=S)nc(NCc2ccccn2)n1. The van der Waals surface area contributed by atoms with E-state index >= 15 is 0 Å². The van der Waals surface area contributed by atoms with Crippen molar-refractivity contribution in [1.82, 2.24) is 15.0 Å². The molecule has 0 radical (unpaired) electrons. The molecule has 18 heavy (non-hydrogen) atoms. The minimum atomic E-state index is 0.265. The molecule has 92 valence electrons. The van der Waals surface area contributed by atoms with Crippen molar-refractivity contribution >= 4 is 23.2 Å². The summed E-state index contributed by atoms with van der Waals surface area (Å²) < 4.78 is 0. The van der Waals surface area contributed by atoms with Crippen molar-refractivity contribution in [3.05, 3.63) is 47.5 Å². The Kier molecular flexibility index (Phi) is 3.78. The highest BCUT2D eigenvalue weighted by Gasteiger charge is 2.04. The molecule has 0 atom stereocenters. The molecule has 2 aromatic rings. The highest BCUT2D eigenvalue weighted by atomic mass is 32.1. The summed E-state index contributed by atoms with van der Waals surface area (Å²) in [5.41, 5.74) is 7.86. The molecule has 6 heteroatoms. The third-order valence-corrected chi connectivity index (χ3v) is 2.47. The highest BCUT2D eigenvalue weighted by Crippen LogP contribution is 2.06. The number of thiocarbonyl (C=S) groups is 1. The molecule has 0 saturated carbocycles. The lowest BCUT2D eigenvalue weighted by atomic mass is 10.3. The quantitative estimate of drug-likeness (QED) is 0.809. The number of nitrogens with one attached hydrogen (secondary N) is 1. The summed E-state index contributed by atoms with van der Waals surface area (Å²) in [5.74, 6) is 0.503. The number of aryl methyl sites for hydroxylation is 1. The van der Waals surface area contributed by atoms with Crippen LogP contribution in [0.1, 0.15) is 17.1 Å². The lowest BCUT2D eigenvalue weighted by Gasteiger charge is -2.07. The van der Waals surface area contributed by atoms with E-state index in [9.17, 15) is 0 Å². The van der Waals surface area contributed by atoms with E-state index in [-0.39, 0.29) is 4.99 Å². The Hall–Kier alpha value is -2.08. The fraction of sp³-hybridized carbons (Fsp3) is 0.167. The van der Waals surface area contributed by atoms with Gasteiger partial charge in [-0.1, -0.05) is 18.3 Å². The molecular formula is C12H13N5S. The summed E-state index contributed by atoms with van der Waals surface area (Å²) >= 11 is 4.91. The Balaban J connectivity index is 2.12. The largest absolute Gasteiger partial charge is 0.388 e. The Morgan fingerprint density at radius 1 is 1.39 bits per heavy atom. The van der Waals surface area contributed by atoms with Crippen LogP contribution in [0.5, 0.6) is 0 Å². The van der Waals surface area contributed by atoms with Crippen LogP contribution in [0.3, 0.4) is 0 Å². The number of rotatable bonds is 4. The smallest absolute Gasteiger partial charge is 0.223 e. The van der Waals surface area contributed by atoms with Crippen molar-refractivity contribution in [2.45, 2.75) is 13.5 Å². The van der Waals surface area contributed by atoms with Crippen molar-refractivity contribution < 1.29 is 0 Å². The van der Waals surface area contributed by atoms with Gasteiger partial charge in [-0.05, 0) is 25.1 Å². The van der Waals surface area contributed by atoms with E-state index in [2.05, 4.69) is 20.3 Å². The number of hydrogen-bond donors (Lipinski definition) is 2. The molecule has 0 bridgehead atoms. The van der Waals surface area contributed by atoms with Crippen LogP contribution in [0.2, 0.25) is 0 Å². The third-order valence-electron chi connectivity index (χ3n) is 2.26. The van der Waals surface area contributed by atoms with Gasteiger partial charge in [0.15, 0.2) is 0 Å². The summed E-state index contributed by atoms with van der Waals surface area (Å²) in [7, 11) is 0. The fourth-order valence-electron chi connectivity index (χ4n) is 1.45. The lowest BCUT2D eigenvalue weighted by molar-refractivity contribution is 0.986. The van der Waals surface area contributed by atoms with Crippen molar-refractivity contribution in [2.75, 3.05) is 5.32 Å². The summed E-state index contributed by atoms with van der Waals surface area (Å²) in [5, 5.41) is 3.10. The van der Waals surface area contributed by atoms with E-state index in [0.29, 0.717) is 18.2 Å². The topological polar surface area (TPSA) is 76.7 Å². The summed E-state index contributed by atoms with van der Waals surface area (Å²) in [6, 6.07) is 7.49. The van der Waals surface area contributed by atoms with E-state index in [1.165, 1.54) is 0 Å². The van der Waals surface area contributed by atoms with Crippen molar-refractivity contribution in [3.63, 3.8) is 0 Å². The van der Waals surface area contributed by atoms with Gasteiger partial charge in [0.05, 0.1) is 12.2 Å². The van der Waals surface area contributed by atoms with Gasteiger partial charge in [0.1, 0.15) is 10.7 Å². The Morgan fingerprint density at radius 2 is 2.22 bits per heavy atom. The zero-order chi connectivity index (χ0) is 13.0. The molecule has 5 nitrogen and oxygen atoms in total. The van der Waals surface area contributed by atoms with Crippen LogP contribution < -0.4 is 11.1 Å². The Bertz CT molecular complexity index is 556. The molecule has 0 saturated heterocycles. The van der Waals surface area contributed by atoms with Crippen molar-refractivity contribution in [1.29, 1.82) is 0 Å². The number of aromatic nitrogens is 3. The fourth-order valence-corrected chi connectivity index (χ4v) is 1.55. The summed E-state index contributed by atoms with van der Waals surface area (Å²) in [6.45, 7) is 2.43. The van der Waals surface area contributed by atoms with Gasteiger partial charge < -0.3 is 11.1 Å². The molecule has 2 heterocycles. The van der Waals surface area contributed by atoms with E-state index < -0.39 is 0 Å². The molecule has 0 unspecified atom stereocenters. The second-order valence-corrected chi connectivity index (χ2v) is 4.20. The van der Waals surface area contributed by atoms with Crippen molar-refractivity contribution in [2.24, 2.45) is 5.73 Å². The predicted octanol–water partition coefficient (Wildman–Crippen LogP) is 1.43. The normalized spacial score (nSPS) is 10.1. The van der Waals surface area contributed by atoms with Gasteiger partial charge in [-0.2, -0.15) is 0 Å². The van der Waals surface area contributed by atoms with Gasteiger partial charge in [0, 0.05) is 11.9 Å². The monoisotopic (exact) mass is 259 g/mol. The predicted molar refractivity (Wildman–Crippen MR) is 74.2 cm³/mol. The van der Waals surface area contributed by atoms with Gasteiger partial charge in [-0.3, -0.25) is 4.98 Å². The van der Waals surface area contributed by atoms with Gasteiger partial charge in [-0.15, -0.1) is 0 Å². The zero-order valence-corrected chi connectivity index (χ0v) is 10.7. The van der Waals surface area contributed by atoms with Crippen LogP contribution >= 0.6 is 12.2 Å². The first-order chi connectivity index (χ1) is 8.65. The molecular weight excluding hydrogens is 246 g/mol. The van der Waals surface area contributed by atoms with Crippen LogP contribution in [-0.4, -0.2) is 19.9 Å². The lowest BCUT2D eigenvalue weighted by Crippen LogP contribution is -2.14. The van der Waals surface area contributed by atoms with Gasteiger partial charge in [0.25, 0.3) is 0 Å². The van der Waals surface area contributed by atoms with Gasteiger partial charge >= 0.3 is 0 Å². The number of nitrogens with zero attached hydrogens (tertiary/aromatic N) is 3. The standard InChI is InChI=1S/C12H13N5S/c1-8-6-10(11(13)18)17-12(16-8)15-7-9-4-2-3-5-14-9/h2-6H,7H2,1H3,(H2,13,18)(H,15,16,17). The molecule has 0 amide bonds. The van der Waals surface area contributed by atoms with Gasteiger partial charge in [0.2, 0.25) is 5.95 Å². The second kappa shape index (κ2) is 5.50.